The number of para-hydroxylation sites is 4. The first-order valence-corrected chi connectivity index (χ1v) is 12.9. The predicted octanol–water partition coefficient (Wildman–Crippen LogP) is 4.50. The number of nitrogens with zero attached hydrogens (tertiary/aromatic N) is 8. The standard InChI is InChI=1S/C29H28N8/c1-21-30-25-13-7-8-14-26(25)36(21)16-15-27-32-28-23-11-5-6-12-24(23)31-29(37(28)33-27)35-19-17-34(18-20-35)22-9-3-2-4-10-22/h2-14H,15-20H2,1H3. The van der Waals surface area contributed by atoms with Crippen LogP contribution >= 0.6 is 0 Å². The summed E-state index contributed by atoms with van der Waals surface area (Å²) in [4.78, 5) is 19.5. The molecule has 6 aromatic rings. The Bertz CT molecular complexity index is 1710. The molecule has 1 aliphatic rings. The van der Waals surface area contributed by atoms with Gasteiger partial charge in [-0.05, 0) is 43.3 Å². The first-order valence-electron chi connectivity index (χ1n) is 12.9. The van der Waals surface area contributed by atoms with Gasteiger partial charge in [-0.1, -0.05) is 42.5 Å². The fourth-order valence-electron chi connectivity index (χ4n) is 5.39. The van der Waals surface area contributed by atoms with E-state index in [1.807, 2.05) is 22.7 Å². The molecule has 0 unspecified atom stereocenters. The van der Waals surface area contributed by atoms with Gasteiger partial charge < -0.3 is 14.4 Å². The minimum absolute atomic E-state index is 0.721. The number of piperazine rings is 1. The van der Waals surface area contributed by atoms with Gasteiger partial charge in [-0.3, -0.25) is 0 Å². The third-order valence-corrected chi connectivity index (χ3v) is 7.29. The van der Waals surface area contributed by atoms with Crippen molar-refractivity contribution in [3.8, 4) is 0 Å². The zero-order valence-electron chi connectivity index (χ0n) is 20.8. The zero-order valence-corrected chi connectivity index (χ0v) is 20.8. The molecule has 8 nitrogen and oxygen atoms in total. The SMILES string of the molecule is Cc1nc2ccccc2n1CCc1nc2c3ccccc3nc(N3CCN(c4ccccc4)CC3)n2n1. The molecule has 0 spiro atoms. The highest BCUT2D eigenvalue weighted by Gasteiger charge is 2.23. The molecular formula is C29H28N8. The van der Waals surface area contributed by atoms with E-state index < -0.39 is 0 Å². The minimum atomic E-state index is 0.721. The second-order valence-electron chi connectivity index (χ2n) is 9.55. The molecule has 0 radical (unpaired) electrons. The predicted molar refractivity (Wildman–Crippen MR) is 147 cm³/mol. The average molecular weight is 489 g/mol. The number of rotatable bonds is 5. The fraction of sp³-hybridized carbons (Fsp3) is 0.241. The highest BCUT2D eigenvalue weighted by Crippen LogP contribution is 2.25. The Balaban J connectivity index is 1.21. The van der Waals surface area contributed by atoms with Crippen LogP contribution in [0.15, 0.2) is 78.9 Å². The summed E-state index contributed by atoms with van der Waals surface area (Å²) >= 11 is 0. The van der Waals surface area contributed by atoms with Crippen molar-refractivity contribution in [2.75, 3.05) is 36.0 Å². The second-order valence-corrected chi connectivity index (χ2v) is 9.55. The third kappa shape index (κ3) is 3.85. The lowest BCUT2D eigenvalue weighted by molar-refractivity contribution is 0.628. The van der Waals surface area contributed by atoms with Crippen molar-refractivity contribution in [2.45, 2.75) is 19.9 Å². The number of benzene rings is 3. The molecule has 3 aromatic heterocycles. The molecule has 0 saturated carbocycles. The van der Waals surface area contributed by atoms with E-state index in [0.29, 0.717) is 0 Å². The lowest BCUT2D eigenvalue weighted by Gasteiger charge is -2.36. The molecule has 0 N–H and O–H groups in total. The maximum atomic E-state index is 5.06. The van der Waals surface area contributed by atoms with E-state index in [2.05, 4.69) is 82.0 Å². The second kappa shape index (κ2) is 8.89. The zero-order chi connectivity index (χ0) is 24.8. The number of hydrogen-bond acceptors (Lipinski definition) is 6. The number of anilines is 2. The highest BCUT2D eigenvalue weighted by atomic mass is 15.4. The average Bonchev–Trinajstić information content (AvgIpc) is 3.52. The molecular weight excluding hydrogens is 460 g/mol. The van der Waals surface area contributed by atoms with Crippen LogP contribution in [0.5, 0.6) is 0 Å². The van der Waals surface area contributed by atoms with Crippen molar-refractivity contribution in [3.63, 3.8) is 0 Å². The summed E-state index contributed by atoms with van der Waals surface area (Å²) in [6.07, 6.45) is 0.721. The summed E-state index contributed by atoms with van der Waals surface area (Å²) in [6.45, 7) is 6.47. The van der Waals surface area contributed by atoms with Gasteiger partial charge in [0.15, 0.2) is 11.5 Å². The fourth-order valence-corrected chi connectivity index (χ4v) is 5.39. The van der Waals surface area contributed by atoms with Gasteiger partial charge in [-0.15, -0.1) is 5.10 Å². The maximum Gasteiger partial charge on any atom is 0.229 e. The van der Waals surface area contributed by atoms with E-state index in [4.69, 9.17) is 20.1 Å². The number of aromatic nitrogens is 6. The van der Waals surface area contributed by atoms with Crippen LogP contribution in [0.25, 0.3) is 27.6 Å². The molecule has 0 atom stereocenters. The summed E-state index contributed by atoms with van der Waals surface area (Å²) in [5.41, 5.74) is 5.26. The van der Waals surface area contributed by atoms with Gasteiger partial charge in [0.1, 0.15) is 5.82 Å². The van der Waals surface area contributed by atoms with Crippen LogP contribution in [-0.4, -0.2) is 55.3 Å². The molecule has 1 aliphatic heterocycles. The minimum Gasteiger partial charge on any atom is -0.368 e. The molecule has 184 valence electrons. The van der Waals surface area contributed by atoms with Gasteiger partial charge in [-0.25, -0.2) is 15.0 Å². The first-order chi connectivity index (χ1) is 18.2. The number of fused-ring (bicyclic) bond motifs is 4. The number of hydrogen-bond donors (Lipinski definition) is 0. The van der Waals surface area contributed by atoms with Crippen LogP contribution in [0.4, 0.5) is 11.6 Å². The topological polar surface area (TPSA) is 67.4 Å². The van der Waals surface area contributed by atoms with Gasteiger partial charge in [0.05, 0.1) is 16.6 Å². The Morgan fingerprint density at radius 2 is 1.41 bits per heavy atom. The summed E-state index contributed by atoms with van der Waals surface area (Å²) < 4.78 is 4.20. The van der Waals surface area contributed by atoms with Crippen LogP contribution in [0.2, 0.25) is 0 Å². The Morgan fingerprint density at radius 1 is 0.703 bits per heavy atom. The molecule has 0 aliphatic carbocycles. The Hall–Kier alpha value is -4.46. The molecule has 0 amide bonds. The van der Waals surface area contributed by atoms with E-state index in [1.54, 1.807) is 0 Å². The van der Waals surface area contributed by atoms with Crippen LogP contribution in [0.3, 0.4) is 0 Å². The van der Waals surface area contributed by atoms with Crippen LogP contribution in [0, 0.1) is 6.92 Å². The lowest BCUT2D eigenvalue weighted by atomic mass is 10.2. The first kappa shape index (κ1) is 21.8. The number of imidazole rings is 1. The molecule has 1 fully saturated rings. The smallest absolute Gasteiger partial charge is 0.229 e. The quantitative estimate of drug-likeness (QED) is 0.356. The van der Waals surface area contributed by atoms with E-state index in [-0.39, 0.29) is 0 Å². The Morgan fingerprint density at radius 3 is 2.24 bits per heavy atom. The summed E-state index contributed by atoms with van der Waals surface area (Å²) in [5.74, 6) is 2.69. The third-order valence-electron chi connectivity index (χ3n) is 7.29. The van der Waals surface area contributed by atoms with Gasteiger partial charge in [-0.2, -0.15) is 4.52 Å². The highest BCUT2D eigenvalue weighted by molar-refractivity contribution is 5.92. The number of aryl methyl sites for hydroxylation is 3. The van der Waals surface area contributed by atoms with Crippen LogP contribution < -0.4 is 9.80 Å². The monoisotopic (exact) mass is 488 g/mol. The van der Waals surface area contributed by atoms with E-state index in [9.17, 15) is 0 Å². The van der Waals surface area contributed by atoms with Gasteiger partial charge >= 0.3 is 0 Å². The van der Waals surface area contributed by atoms with Gasteiger partial charge in [0, 0.05) is 50.2 Å². The summed E-state index contributed by atoms with van der Waals surface area (Å²) in [6, 6.07) is 27.1. The molecule has 3 aromatic carbocycles. The molecule has 1 saturated heterocycles. The van der Waals surface area contributed by atoms with E-state index >= 15 is 0 Å². The van der Waals surface area contributed by atoms with Crippen molar-refractivity contribution in [2.24, 2.45) is 0 Å². The lowest BCUT2D eigenvalue weighted by Crippen LogP contribution is -2.47. The van der Waals surface area contributed by atoms with Crippen molar-refractivity contribution in [1.29, 1.82) is 0 Å². The van der Waals surface area contributed by atoms with Crippen molar-refractivity contribution in [3.05, 3.63) is 90.5 Å². The maximum absolute atomic E-state index is 5.06. The van der Waals surface area contributed by atoms with Crippen molar-refractivity contribution < 1.29 is 0 Å². The Kier molecular flexibility index (Phi) is 5.23. The van der Waals surface area contributed by atoms with Crippen LogP contribution in [0.1, 0.15) is 11.6 Å². The van der Waals surface area contributed by atoms with Gasteiger partial charge in [0.25, 0.3) is 0 Å². The Labute approximate surface area is 214 Å². The van der Waals surface area contributed by atoms with E-state index in [1.165, 1.54) is 5.69 Å². The molecule has 0 bridgehead atoms. The summed E-state index contributed by atoms with van der Waals surface area (Å²) in [7, 11) is 0. The normalized spacial score (nSPS) is 14.3. The van der Waals surface area contributed by atoms with E-state index in [0.717, 1.165) is 84.3 Å². The van der Waals surface area contributed by atoms with Crippen molar-refractivity contribution >= 4 is 39.2 Å². The van der Waals surface area contributed by atoms with Crippen LogP contribution in [-0.2, 0) is 13.0 Å². The molecule has 8 heteroatoms. The van der Waals surface area contributed by atoms with Gasteiger partial charge in [0.2, 0.25) is 5.95 Å². The molecule has 37 heavy (non-hydrogen) atoms. The largest absolute Gasteiger partial charge is 0.368 e. The van der Waals surface area contributed by atoms with Crippen molar-refractivity contribution in [1.82, 2.24) is 29.1 Å². The molecule has 4 heterocycles. The summed E-state index contributed by atoms with van der Waals surface area (Å²) in [5, 5.41) is 6.00. The molecule has 7 rings (SSSR count).